The number of hydrogen-bond donors (Lipinski definition) is 1. The molecule has 2 atom stereocenters. The molecule has 1 aromatic rings. The van der Waals surface area contributed by atoms with Gasteiger partial charge in [0.05, 0.1) is 11.0 Å². The van der Waals surface area contributed by atoms with Crippen molar-refractivity contribution < 1.29 is 4.92 Å². The third kappa shape index (κ3) is 3.16. The first kappa shape index (κ1) is 14.9. The molecule has 0 radical (unpaired) electrons. The lowest BCUT2D eigenvalue weighted by molar-refractivity contribution is -0.384. The molecule has 0 amide bonds. The fourth-order valence-corrected chi connectivity index (χ4v) is 3.03. The molecular formula is C15H23N3O2. The molecule has 5 heteroatoms. The van der Waals surface area contributed by atoms with Gasteiger partial charge in [-0.05, 0) is 38.8 Å². The van der Waals surface area contributed by atoms with Gasteiger partial charge in [-0.15, -0.1) is 0 Å². The van der Waals surface area contributed by atoms with E-state index in [4.69, 9.17) is 5.73 Å². The standard InChI is InChI=1S/C15H23N3O2/c1-11(2)17-10-4-3-5-14(16)15(17)12-6-8-13(9-7-12)18(19)20/h6-9,11,14-15H,3-5,10,16H2,1-2H3. The maximum Gasteiger partial charge on any atom is 0.269 e. The summed E-state index contributed by atoms with van der Waals surface area (Å²) < 4.78 is 0. The van der Waals surface area contributed by atoms with Crippen molar-refractivity contribution >= 4 is 5.69 Å². The van der Waals surface area contributed by atoms with E-state index >= 15 is 0 Å². The van der Waals surface area contributed by atoms with Gasteiger partial charge in [0.1, 0.15) is 0 Å². The Morgan fingerprint density at radius 3 is 2.50 bits per heavy atom. The molecule has 2 unspecified atom stereocenters. The van der Waals surface area contributed by atoms with Crippen LogP contribution in [0.3, 0.4) is 0 Å². The van der Waals surface area contributed by atoms with Crippen LogP contribution in [-0.4, -0.2) is 28.5 Å². The van der Waals surface area contributed by atoms with Crippen molar-refractivity contribution in [1.29, 1.82) is 0 Å². The number of nitrogens with two attached hydrogens (primary N) is 1. The molecule has 0 aliphatic carbocycles. The summed E-state index contributed by atoms with van der Waals surface area (Å²) in [5, 5.41) is 10.8. The smallest absolute Gasteiger partial charge is 0.269 e. The van der Waals surface area contributed by atoms with E-state index in [0.29, 0.717) is 6.04 Å². The van der Waals surface area contributed by atoms with Crippen LogP contribution >= 0.6 is 0 Å². The van der Waals surface area contributed by atoms with Gasteiger partial charge in [0.15, 0.2) is 0 Å². The summed E-state index contributed by atoms with van der Waals surface area (Å²) in [5.41, 5.74) is 7.58. The number of benzene rings is 1. The van der Waals surface area contributed by atoms with Crippen molar-refractivity contribution in [2.75, 3.05) is 6.54 Å². The summed E-state index contributed by atoms with van der Waals surface area (Å²) in [7, 11) is 0. The molecule has 2 rings (SSSR count). The van der Waals surface area contributed by atoms with Crippen LogP contribution in [-0.2, 0) is 0 Å². The predicted molar refractivity (Wildman–Crippen MR) is 79.5 cm³/mol. The average Bonchev–Trinajstić information content (AvgIpc) is 2.60. The molecule has 110 valence electrons. The van der Waals surface area contributed by atoms with Gasteiger partial charge >= 0.3 is 0 Å². The van der Waals surface area contributed by atoms with Gasteiger partial charge in [0.2, 0.25) is 0 Å². The van der Waals surface area contributed by atoms with Crippen LogP contribution in [0, 0.1) is 10.1 Å². The molecular weight excluding hydrogens is 254 g/mol. The van der Waals surface area contributed by atoms with Crippen LogP contribution in [0.15, 0.2) is 24.3 Å². The van der Waals surface area contributed by atoms with Gasteiger partial charge in [0.25, 0.3) is 5.69 Å². The van der Waals surface area contributed by atoms with Crippen molar-refractivity contribution in [2.45, 2.75) is 51.2 Å². The molecule has 0 bridgehead atoms. The predicted octanol–water partition coefficient (Wildman–Crippen LogP) is 2.86. The van der Waals surface area contributed by atoms with E-state index in [1.54, 1.807) is 12.1 Å². The highest BCUT2D eigenvalue weighted by atomic mass is 16.6. The van der Waals surface area contributed by atoms with Gasteiger partial charge in [-0.2, -0.15) is 0 Å². The fourth-order valence-electron chi connectivity index (χ4n) is 3.03. The van der Waals surface area contributed by atoms with E-state index in [0.717, 1.165) is 31.4 Å². The first-order valence-electron chi connectivity index (χ1n) is 7.26. The molecule has 2 N–H and O–H groups in total. The van der Waals surface area contributed by atoms with Crippen LogP contribution in [0.25, 0.3) is 0 Å². The van der Waals surface area contributed by atoms with Gasteiger partial charge in [-0.25, -0.2) is 0 Å². The zero-order valence-corrected chi connectivity index (χ0v) is 12.2. The van der Waals surface area contributed by atoms with Crippen molar-refractivity contribution in [3.05, 3.63) is 39.9 Å². The first-order chi connectivity index (χ1) is 9.50. The van der Waals surface area contributed by atoms with Gasteiger partial charge in [-0.1, -0.05) is 18.6 Å². The lowest BCUT2D eigenvalue weighted by Crippen LogP contribution is -2.43. The SMILES string of the molecule is CC(C)N1CCCCC(N)C1c1ccc([N+](=O)[O-])cc1. The third-order valence-electron chi connectivity index (χ3n) is 4.08. The van der Waals surface area contributed by atoms with Crippen molar-refractivity contribution in [1.82, 2.24) is 4.90 Å². The van der Waals surface area contributed by atoms with E-state index in [1.165, 1.54) is 0 Å². The molecule has 0 spiro atoms. The van der Waals surface area contributed by atoms with E-state index in [9.17, 15) is 10.1 Å². The maximum atomic E-state index is 10.8. The van der Waals surface area contributed by atoms with E-state index in [2.05, 4.69) is 18.7 Å². The molecule has 1 heterocycles. The topological polar surface area (TPSA) is 72.4 Å². The summed E-state index contributed by atoms with van der Waals surface area (Å²) in [6, 6.07) is 7.50. The molecule has 5 nitrogen and oxygen atoms in total. The number of non-ortho nitro benzene ring substituents is 1. The second kappa shape index (κ2) is 6.33. The zero-order valence-electron chi connectivity index (χ0n) is 12.2. The van der Waals surface area contributed by atoms with Crippen molar-refractivity contribution in [3.8, 4) is 0 Å². The van der Waals surface area contributed by atoms with Crippen molar-refractivity contribution in [3.63, 3.8) is 0 Å². The third-order valence-corrected chi connectivity index (χ3v) is 4.08. The average molecular weight is 277 g/mol. The lowest BCUT2D eigenvalue weighted by Gasteiger charge is -2.36. The number of nitrogens with zero attached hydrogens (tertiary/aromatic N) is 2. The molecule has 0 saturated carbocycles. The Morgan fingerprint density at radius 1 is 1.30 bits per heavy atom. The minimum atomic E-state index is -0.364. The van der Waals surface area contributed by atoms with Crippen LogP contribution in [0.2, 0.25) is 0 Å². The van der Waals surface area contributed by atoms with Crippen LogP contribution < -0.4 is 5.73 Å². The Hall–Kier alpha value is -1.46. The number of hydrogen-bond acceptors (Lipinski definition) is 4. The molecule has 0 aromatic heterocycles. The minimum Gasteiger partial charge on any atom is -0.326 e. The van der Waals surface area contributed by atoms with Gasteiger partial charge in [0, 0.05) is 24.2 Å². The van der Waals surface area contributed by atoms with E-state index < -0.39 is 0 Å². The second-order valence-electron chi connectivity index (χ2n) is 5.78. The quantitative estimate of drug-likeness (QED) is 0.681. The Bertz CT molecular complexity index is 459. The lowest BCUT2D eigenvalue weighted by atomic mass is 9.95. The number of rotatable bonds is 3. The van der Waals surface area contributed by atoms with Crippen molar-refractivity contribution in [2.24, 2.45) is 5.73 Å². The summed E-state index contributed by atoms with van der Waals surface area (Å²) in [6.45, 7) is 5.39. The van der Waals surface area contributed by atoms with Crippen LogP contribution in [0.5, 0.6) is 0 Å². The Morgan fingerprint density at radius 2 is 1.95 bits per heavy atom. The molecule has 1 aromatic carbocycles. The van der Waals surface area contributed by atoms with E-state index in [1.807, 2.05) is 12.1 Å². The molecule has 1 fully saturated rings. The summed E-state index contributed by atoms with van der Waals surface area (Å²) >= 11 is 0. The van der Waals surface area contributed by atoms with Gasteiger partial charge < -0.3 is 5.73 Å². The first-order valence-corrected chi connectivity index (χ1v) is 7.26. The number of likely N-dealkylation sites (tertiary alicyclic amines) is 1. The normalized spacial score (nSPS) is 24.6. The van der Waals surface area contributed by atoms with Crippen LogP contribution in [0.1, 0.15) is 44.7 Å². The highest BCUT2D eigenvalue weighted by Gasteiger charge is 2.30. The molecule has 20 heavy (non-hydrogen) atoms. The highest BCUT2D eigenvalue weighted by Crippen LogP contribution is 2.31. The number of nitro groups is 1. The fraction of sp³-hybridized carbons (Fsp3) is 0.600. The Labute approximate surface area is 119 Å². The van der Waals surface area contributed by atoms with Crippen LogP contribution in [0.4, 0.5) is 5.69 Å². The van der Waals surface area contributed by atoms with Gasteiger partial charge in [-0.3, -0.25) is 15.0 Å². The van der Waals surface area contributed by atoms with E-state index in [-0.39, 0.29) is 22.7 Å². The Balaban J connectivity index is 2.31. The number of nitro benzene ring substituents is 1. The summed E-state index contributed by atoms with van der Waals surface area (Å²) in [4.78, 5) is 12.8. The Kier molecular flexibility index (Phi) is 4.73. The summed E-state index contributed by atoms with van der Waals surface area (Å²) in [5.74, 6) is 0. The second-order valence-corrected chi connectivity index (χ2v) is 5.78. The highest BCUT2D eigenvalue weighted by molar-refractivity contribution is 5.35. The maximum absolute atomic E-state index is 10.8. The molecule has 1 saturated heterocycles. The minimum absolute atomic E-state index is 0.0846. The molecule has 1 aliphatic rings. The monoisotopic (exact) mass is 277 g/mol. The zero-order chi connectivity index (χ0) is 14.7. The summed E-state index contributed by atoms with van der Waals surface area (Å²) in [6.07, 6.45) is 3.31. The molecule has 1 aliphatic heterocycles. The largest absolute Gasteiger partial charge is 0.326 e.